The molecular weight excluding hydrogens is 172 g/mol. The fourth-order valence-corrected chi connectivity index (χ4v) is 0.911. The van der Waals surface area contributed by atoms with E-state index in [0.29, 0.717) is 11.5 Å². The molecule has 0 atom stereocenters. The van der Waals surface area contributed by atoms with Gasteiger partial charge in [0.2, 0.25) is 0 Å². The number of amidine groups is 1. The summed E-state index contributed by atoms with van der Waals surface area (Å²) in [4.78, 5) is 7.87. The summed E-state index contributed by atoms with van der Waals surface area (Å²) >= 11 is 0. The Bertz CT molecular complexity index is 428. The quantitative estimate of drug-likeness (QED) is 0.258. The summed E-state index contributed by atoms with van der Waals surface area (Å²) in [5.74, 6) is 0.344. The van der Waals surface area contributed by atoms with Crippen molar-refractivity contribution in [3.05, 3.63) is 24.3 Å². The molecule has 2 rings (SSSR count). The van der Waals surface area contributed by atoms with E-state index in [-0.39, 0.29) is 5.84 Å². The molecular formula is C6H6N6O. The highest BCUT2D eigenvalue weighted by molar-refractivity contribution is 5.95. The highest BCUT2D eigenvalue weighted by Crippen LogP contribution is 1.98. The first-order valence-electron chi connectivity index (χ1n) is 3.45. The molecule has 13 heavy (non-hydrogen) atoms. The normalized spacial score (nSPS) is 12.2. The summed E-state index contributed by atoms with van der Waals surface area (Å²) < 4.78 is 1.44. The van der Waals surface area contributed by atoms with Crippen molar-refractivity contribution in [1.29, 1.82) is 0 Å². The molecule has 0 amide bonds. The molecule has 7 heteroatoms. The van der Waals surface area contributed by atoms with Gasteiger partial charge in [-0.3, -0.25) is 0 Å². The fourth-order valence-electron chi connectivity index (χ4n) is 0.911. The zero-order chi connectivity index (χ0) is 9.26. The van der Waals surface area contributed by atoms with Crippen molar-refractivity contribution in [2.24, 2.45) is 10.9 Å². The van der Waals surface area contributed by atoms with Crippen LogP contribution in [0.25, 0.3) is 5.78 Å². The molecule has 0 radical (unpaired) electrons. The van der Waals surface area contributed by atoms with Gasteiger partial charge >= 0.3 is 0 Å². The summed E-state index contributed by atoms with van der Waals surface area (Å²) in [6, 6.07) is 0. The van der Waals surface area contributed by atoms with E-state index in [1.165, 1.54) is 23.1 Å². The first-order valence-corrected chi connectivity index (χ1v) is 3.45. The van der Waals surface area contributed by atoms with Gasteiger partial charge in [-0.1, -0.05) is 5.16 Å². The average Bonchev–Trinajstić information content (AvgIpc) is 2.59. The Kier molecular flexibility index (Phi) is 1.55. The molecule has 0 bridgehead atoms. The van der Waals surface area contributed by atoms with Crippen LogP contribution in [0.2, 0.25) is 0 Å². The predicted octanol–water partition coefficient (Wildman–Crippen LogP) is -0.781. The summed E-state index contributed by atoms with van der Waals surface area (Å²) in [6.45, 7) is 0. The third kappa shape index (κ3) is 1.15. The SMILES string of the molecule is N/C(=N/O)c1cn2nccnc2n1. The number of aromatic nitrogens is 4. The first kappa shape index (κ1) is 7.47. The summed E-state index contributed by atoms with van der Waals surface area (Å²) in [5.41, 5.74) is 5.67. The lowest BCUT2D eigenvalue weighted by molar-refractivity contribution is 0.318. The minimum absolute atomic E-state index is 0.0627. The Labute approximate surface area is 72.5 Å². The van der Waals surface area contributed by atoms with Gasteiger partial charge in [-0.05, 0) is 0 Å². The Morgan fingerprint density at radius 2 is 2.38 bits per heavy atom. The van der Waals surface area contributed by atoms with Crippen molar-refractivity contribution >= 4 is 11.6 Å². The Hall–Kier alpha value is -2.18. The van der Waals surface area contributed by atoms with Crippen molar-refractivity contribution in [3.63, 3.8) is 0 Å². The number of hydrogen-bond acceptors (Lipinski definition) is 5. The van der Waals surface area contributed by atoms with E-state index in [4.69, 9.17) is 10.9 Å². The second-order valence-electron chi connectivity index (χ2n) is 2.30. The second kappa shape index (κ2) is 2.70. The van der Waals surface area contributed by atoms with Crippen molar-refractivity contribution in [2.75, 3.05) is 0 Å². The molecule has 0 aliphatic rings. The van der Waals surface area contributed by atoms with Crippen LogP contribution in [0, 0.1) is 0 Å². The molecule has 2 aromatic rings. The number of nitrogens with two attached hydrogens (primary N) is 1. The zero-order valence-corrected chi connectivity index (χ0v) is 6.49. The van der Waals surface area contributed by atoms with Crippen LogP contribution in [0.1, 0.15) is 5.69 Å². The first-order chi connectivity index (χ1) is 6.31. The topological polar surface area (TPSA) is 102 Å². The standard InChI is InChI=1S/C6H6N6O/c7-5(11-13)4-3-12-6(10-4)8-1-2-9-12/h1-3,13H,(H2,7,11). The lowest BCUT2D eigenvalue weighted by Crippen LogP contribution is -2.13. The van der Waals surface area contributed by atoms with Crippen LogP contribution in [0.5, 0.6) is 0 Å². The van der Waals surface area contributed by atoms with Gasteiger partial charge in [-0.15, -0.1) is 0 Å². The van der Waals surface area contributed by atoms with Gasteiger partial charge in [0.25, 0.3) is 5.78 Å². The molecule has 0 saturated heterocycles. The number of rotatable bonds is 1. The summed E-state index contributed by atoms with van der Waals surface area (Å²) in [7, 11) is 0. The number of hydrogen-bond donors (Lipinski definition) is 2. The molecule has 7 nitrogen and oxygen atoms in total. The third-order valence-corrected chi connectivity index (χ3v) is 1.49. The van der Waals surface area contributed by atoms with E-state index >= 15 is 0 Å². The highest BCUT2D eigenvalue weighted by Gasteiger charge is 2.05. The van der Waals surface area contributed by atoms with Crippen molar-refractivity contribution < 1.29 is 5.21 Å². The van der Waals surface area contributed by atoms with E-state index in [9.17, 15) is 0 Å². The average molecular weight is 178 g/mol. The van der Waals surface area contributed by atoms with Crippen molar-refractivity contribution in [3.8, 4) is 0 Å². The van der Waals surface area contributed by atoms with E-state index < -0.39 is 0 Å². The maximum Gasteiger partial charge on any atom is 0.251 e. The van der Waals surface area contributed by atoms with Crippen LogP contribution < -0.4 is 5.73 Å². The molecule has 2 heterocycles. The Balaban J connectivity index is 2.62. The molecule has 2 aromatic heterocycles. The van der Waals surface area contributed by atoms with Gasteiger partial charge in [-0.2, -0.15) is 5.10 Å². The molecule has 0 saturated carbocycles. The molecule has 0 fully saturated rings. The lowest BCUT2D eigenvalue weighted by Gasteiger charge is -1.86. The van der Waals surface area contributed by atoms with E-state index in [1.54, 1.807) is 0 Å². The molecule has 0 aliphatic heterocycles. The highest BCUT2D eigenvalue weighted by atomic mass is 16.4. The van der Waals surface area contributed by atoms with Gasteiger partial charge in [0, 0.05) is 0 Å². The van der Waals surface area contributed by atoms with Crippen LogP contribution in [0.4, 0.5) is 0 Å². The van der Waals surface area contributed by atoms with Crippen molar-refractivity contribution in [2.45, 2.75) is 0 Å². The van der Waals surface area contributed by atoms with Crippen LogP contribution in [0.15, 0.2) is 23.7 Å². The lowest BCUT2D eigenvalue weighted by atomic mass is 10.4. The van der Waals surface area contributed by atoms with Gasteiger partial charge in [0.05, 0.1) is 18.6 Å². The molecule has 0 aromatic carbocycles. The van der Waals surface area contributed by atoms with Gasteiger partial charge in [0.15, 0.2) is 5.84 Å². The van der Waals surface area contributed by atoms with Crippen LogP contribution in [-0.2, 0) is 0 Å². The summed E-state index contributed by atoms with van der Waals surface area (Å²) in [6.07, 6.45) is 4.56. The largest absolute Gasteiger partial charge is 0.409 e. The maximum atomic E-state index is 8.39. The number of fused-ring (bicyclic) bond motifs is 1. The second-order valence-corrected chi connectivity index (χ2v) is 2.30. The smallest absolute Gasteiger partial charge is 0.251 e. The molecule has 0 unspecified atom stereocenters. The van der Waals surface area contributed by atoms with Gasteiger partial charge in [-0.25, -0.2) is 14.5 Å². The monoisotopic (exact) mass is 178 g/mol. The molecule has 66 valence electrons. The van der Waals surface area contributed by atoms with E-state index in [1.807, 2.05) is 0 Å². The zero-order valence-electron chi connectivity index (χ0n) is 6.49. The van der Waals surface area contributed by atoms with E-state index in [2.05, 4.69) is 20.2 Å². The minimum atomic E-state index is -0.0627. The number of oxime groups is 1. The van der Waals surface area contributed by atoms with Gasteiger partial charge in [0.1, 0.15) is 5.69 Å². The van der Waals surface area contributed by atoms with Gasteiger partial charge < -0.3 is 10.9 Å². The molecule has 3 N–H and O–H groups in total. The van der Waals surface area contributed by atoms with Crippen LogP contribution >= 0.6 is 0 Å². The molecule has 0 spiro atoms. The summed E-state index contributed by atoms with van der Waals surface area (Å²) in [5, 5.41) is 15.1. The number of imidazole rings is 1. The fraction of sp³-hybridized carbons (Fsp3) is 0. The minimum Gasteiger partial charge on any atom is -0.409 e. The van der Waals surface area contributed by atoms with Crippen molar-refractivity contribution in [1.82, 2.24) is 19.6 Å². The van der Waals surface area contributed by atoms with Crippen LogP contribution in [0.3, 0.4) is 0 Å². The number of nitrogens with zero attached hydrogens (tertiary/aromatic N) is 5. The third-order valence-electron chi connectivity index (χ3n) is 1.49. The predicted molar refractivity (Wildman–Crippen MR) is 43.3 cm³/mol. The Morgan fingerprint density at radius 1 is 1.54 bits per heavy atom. The molecule has 0 aliphatic carbocycles. The van der Waals surface area contributed by atoms with E-state index in [0.717, 1.165) is 0 Å². The Morgan fingerprint density at radius 3 is 3.08 bits per heavy atom. The maximum absolute atomic E-state index is 8.39. The van der Waals surface area contributed by atoms with Crippen LogP contribution in [-0.4, -0.2) is 30.6 Å².